The molecular formula is C18H24O4. The Bertz CT molecular complexity index is 574. The summed E-state index contributed by atoms with van der Waals surface area (Å²) in [6.07, 6.45) is 9.98. The lowest BCUT2D eigenvalue weighted by Crippen LogP contribution is -2.48. The Kier molecular flexibility index (Phi) is 4.32. The van der Waals surface area contributed by atoms with E-state index in [4.69, 9.17) is 0 Å². The van der Waals surface area contributed by atoms with E-state index in [1.54, 1.807) is 19.1 Å². The second-order valence-corrected chi connectivity index (χ2v) is 6.84. The van der Waals surface area contributed by atoms with Crippen LogP contribution in [0, 0.1) is 16.7 Å². The summed E-state index contributed by atoms with van der Waals surface area (Å²) in [5.74, 6) is -1.31. The number of rotatable bonds is 3. The largest absolute Gasteiger partial charge is 0.480 e. The molecule has 0 amide bonds. The Morgan fingerprint density at radius 1 is 1.27 bits per heavy atom. The van der Waals surface area contributed by atoms with Crippen molar-refractivity contribution in [1.29, 1.82) is 0 Å². The molecule has 1 atom stereocenters. The van der Waals surface area contributed by atoms with Crippen LogP contribution < -0.4 is 0 Å². The zero-order valence-corrected chi connectivity index (χ0v) is 13.4. The van der Waals surface area contributed by atoms with Gasteiger partial charge in [0.2, 0.25) is 0 Å². The maximum atomic E-state index is 12.2. The first-order chi connectivity index (χ1) is 10.3. The van der Waals surface area contributed by atoms with E-state index >= 15 is 0 Å². The highest BCUT2D eigenvalue weighted by atomic mass is 16.4. The lowest BCUT2D eigenvalue weighted by molar-refractivity contribution is -0.151. The first-order valence-corrected chi connectivity index (χ1v) is 7.81. The van der Waals surface area contributed by atoms with Gasteiger partial charge in [0, 0.05) is 0 Å². The molecule has 0 aromatic carbocycles. The third-order valence-electron chi connectivity index (χ3n) is 5.50. The molecule has 0 spiro atoms. The van der Waals surface area contributed by atoms with Crippen LogP contribution >= 0.6 is 0 Å². The molecule has 1 unspecified atom stereocenters. The van der Waals surface area contributed by atoms with Crippen LogP contribution in [0.1, 0.15) is 46.5 Å². The fraction of sp³-hybridized carbons (Fsp3) is 0.556. The maximum Gasteiger partial charge on any atom is 0.335 e. The zero-order valence-electron chi connectivity index (χ0n) is 13.4. The van der Waals surface area contributed by atoms with Gasteiger partial charge in [0.05, 0.1) is 5.57 Å². The van der Waals surface area contributed by atoms with E-state index in [1.807, 2.05) is 6.92 Å². The highest BCUT2D eigenvalue weighted by Gasteiger charge is 2.55. The third kappa shape index (κ3) is 2.40. The van der Waals surface area contributed by atoms with Gasteiger partial charge in [-0.1, -0.05) is 44.9 Å². The Labute approximate surface area is 131 Å². The summed E-state index contributed by atoms with van der Waals surface area (Å²) in [5.41, 5.74) is -0.819. The first kappa shape index (κ1) is 16.5. The number of hydrogen-bond donors (Lipinski definition) is 2. The van der Waals surface area contributed by atoms with Crippen molar-refractivity contribution in [3.8, 4) is 0 Å². The van der Waals surface area contributed by atoms with Gasteiger partial charge < -0.3 is 10.2 Å². The summed E-state index contributed by atoms with van der Waals surface area (Å²) < 4.78 is 0. The molecule has 4 nitrogen and oxygen atoms in total. The maximum absolute atomic E-state index is 12.2. The molecule has 2 aliphatic rings. The number of carboxylic acids is 2. The lowest BCUT2D eigenvalue weighted by atomic mass is 9.53. The molecule has 0 radical (unpaired) electrons. The van der Waals surface area contributed by atoms with Crippen molar-refractivity contribution in [2.45, 2.75) is 46.5 Å². The normalized spacial score (nSPS) is 37.0. The Balaban J connectivity index is 2.53. The minimum atomic E-state index is -1.14. The minimum absolute atomic E-state index is 0.137. The number of hydrogen-bond acceptors (Lipinski definition) is 2. The monoisotopic (exact) mass is 304 g/mol. The summed E-state index contributed by atoms with van der Waals surface area (Å²) in [5, 5.41) is 19.2. The zero-order chi connectivity index (χ0) is 16.5. The van der Waals surface area contributed by atoms with Gasteiger partial charge in [0.1, 0.15) is 5.41 Å². The molecule has 1 fully saturated rings. The average Bonchev–Trinajstić information content (AvgIpc) is 2.49. The van der Waals surface area contributed by atoms with Crippen LogP contribution in [-0.4, -0.2) is 22.2 Å². The molecule has 0 aliphatic heterocycles. The second-order valence-electron chi connectivity index (χ2n) is 6.84. The van der Waals surface area contributed by atoms with Crippen molar-refractivity contribution in [2.24, 2.45) is 16.7 Å². The average molecular weight is 304 g/mol. The van der Waals surface area contributed by atoms with Crippen LogP contribution in [-0.2, 0) is 9.59 Å². The van der Waals surface area contributed by atoms with Crippen LogP contribution in [0.2, 0.25) is 0 Å². The Morgan fingerprint density at radius 2 is 1.86 bits per heavy atom. The van der Waals surface area contributed by atoms with Crippen molar-refractivity contribution in [2.75, 3.05) is 0 Å². The summed E-state index contributed by atoms with van der Waals surface area (Å²) in [6, 6.07) is 0. The van der Waals surface area contributed by atoms with Gasteiger partial charge in [-0.15, -0.1) is 0 Å². The third-order valence-corrected chi connectivity index (χ3v) is 5.50. The molecule has 0 aromatic heterocycles. The molecule has 120 valence electrons. The topological polar surface area (TPSA) is 74.6 Å². The molecule has 22 heavy (non-hydrogen) atoms. The number of carbonyl (C=O) groups is 2. The quantitative estimate of drug-likeness (QED) is 0.831. The Hall–Kier alpha value is -1.84. The summed E-state index contributed by atoms with van der Waals surface area (Å²) >= 11 is 0. The van der Waals surface area contributed by atoms with Crippen molar-refractivity contribution in [3.63, 3.8) is 0 Å². The smallest absolute Gasteiger partial charge is 0.335 e. The molecule has 1 saturated carbocycles. The molecular weight excluding hydrogens is 280 g/mol. The second kappa shape index (κ2) is 5.75. The predicted octanol–water partition coefficient (Wildman–Crippen LogP) is 3.80. The van der Waals surface area contributed by atoms with Crippen LogP contribution in [0.15, 0.2) is 35.5 Å². The fourth-order valence-electron chi connectivity index (χ4n) is 3.88. The van der Waals surface area contributed by atoms with Gasteiger partial charge in [-0.3, -0.25) is 4.79 Å². The molecule has 0 bridgehead atoms. The highest BCUT2D eigenvalue weighted by Crippen LogP contribution is 2.57. The molecule has 0 heterocycles. The van der Waals surface area contributed by atoms with Gasteiger partial charge in [0.25, 0.3) is 0 Å². The molecule has 2 N–H and O–H groups in total. The SMILES string of the molecule is CC=C1C=C(C(=O)O)C=CC1(C(=O)O)C1(C)CCC(C)CC1. The van der Waals surface area contributed by atoms with Gasteiger partial charge >= 0.3 is 11.9 Å². The minimum Gasteiger partial charge on any atom is -0.480 e. The Morgan fingerprint density at radius 3 is 2.32 bits per heavy atom. The highest BCUT2D eigenvalue weighted by molar-refractivity contribution is 5.94. The van der Waals surface area contributed by atoms with Gasteiger partial charge in [-0.2, -0.15) is 0 Å². The van der Waals surface area contributed by atoms with E-state index in [1.165, 1.54) is 12.2 Å². The fourth-order valence-corrected chi connectivity index (χ4v) is 3.88. The number of aliphatic carboxylic acids is 2. The number of carboxylic acid groups (broad SMARTS) is 2. The molecule has 2 aliphatic carbocycles. The summed E-state index contributed by atoms with van der Waals surface area (Å²) in [6.45, 7) is 6.00. The van der Waals surface area contributed by atoms with E-state index in [0.29, 0.717) is 11.5 Å². The van der Waals surface area contributed by atoms with Gasteiger partial charge in [-0.05, 0) is 42.7 Å². The van der Waals surface area contributed by atoms with Crippen LogP contribution in [0.4, 0.5) is 0 Å². The van der Waals surface area contributed by atoms with Crippen molar-refractivity contribution in [3.05, 3.63) is 35.5 Å². The lowest BCUT2D eigenvalue weighted by Gasteiger charge is -2.49. The van der Waals surface area contributed by atoms with Crippen molar-refractivity contribution in [1.82, 2.24) is 0 Å². The van der Waals surface area contributed by atoms with E-state index in [2.05, 4.69) is 6.92 Å². The molecule has 0 aromatic rings. The predicted molar refractivity (Wildman–Crippen MR) is 84.4 cm³/mol. The standard InChI is InChI=1S/C18H24O4/c1-4-14-11-13(15(19)20)7-10-18(14,16(21)22)17(3)8-5-12(2)6-9-17/h4,7,10-12H,5-6,8-9H2,1-3H3,(H,19,20)(H,21,22). The summed E-state index contributed by atoms with van der Waals surface area (Å²) in [4.78, 5) is 23.4. The first-order valence-electron chi connectivity index (χ1n) is 7.81. The van der Waals surface area contributed by atoms with E-state index in [9.17, 15) is 19.8 Å². The van der Waals surface area contributed by atoms with Crippen LogP contribution in [0.5, 0.6) is 0 Å². The van der Waals surface area contributed by atoms with Crippen molar-refractivity contribution >= 4 is 11.9 Å². The summed E-state index contributed by atoms with van der Waals surface area (Å²) in [7, 11) is 0. The van der Waals surface area contributed by atoms with Gasteiger partial charge in [-0.25, -0.2) is 4.79 Å². The van der Waals surface area contributed by atoms with Crippen molar-refractivity contribution < 1.29 is 19.8 Å². The van der Waals surface area contributed by atoms with E-state index < -0.39 is 22.8 Å². The number of allylic oxidation sites excluding steroid dienone is 2. The van der Waals surface area contributed by atoms with Crippen LogP contribution in [0.25, 0.3) is 0 Å². The molecule has 0 saturated heterocycles. The molecule has 4 heteroatoms. The van der Waals surface area contributed by atoms with E-state index in [-0.39, 0.29) is 5.57 Å². The molecule has 2 rings (SSSR count). The van der Waals surface area contributed by atoms with E-state index in [0.717, 1.165) is 25.7 Å². The van der Waals surface area contributed by atoms with Gasteiger partial charge in [0.15, 0.2) is 0 Å². The van der Waals surface area contributed by atoms with Crippen LogP contribution in [0.3, 0.4) is 0 Å².